The molecular formula is C32H24ClN. The van der Waals surface area contributed by atoms with E-state index in [0.717, 1.165) is 18.1 Å². The molecule has 5 aromatic rings. The molecule has 0 spiro atoms. The van der Waals surface area contributed by atoms with Crippen molar-refractivity contribution in [2.24, 2.45) is 0 Å². The zero-order valence-corrected chi connectivity index (χ0v) is 19.5. The van der Waals surface area contributed by atoms with Crippen LogP contribution in [0.2, 0.25) is 5.02 Å². The van der Waals surface area contributed by atoms with Gasteiger partial charge in [0.1, 0.15) is 0 Å². The van der Waals surface area contributed by atoms with E-state index in [9.17, 15) is 0 Å². The van der Waals surface area contributed by atoms with Crippen LogP contribution in [0.3, 0.4) is 0 Å². The van der Waals surface area contributed by atoms with Crippen molar-refractivity contribution in [1.29, 1.82) is 0 Å². The lowest BCUT2D eigenvalue weighted by Gasteiger charge is -2.19. The van der Waals surface area contributed by atoms with Crippen molar-refractivity contribution in [2.75, 3.05) is 4.90 Å². The van der Waals surface area contributed by atoms with Crippen LogP contribution in [-0.4, -0.2) is 0 Å². The first-order valence-corrected chi connectivity index (χ1v) is 12.0. The fourth-order valence-electron chi connectivity index (χ4n) is 5.06. The molecular weight excluding hydrogens is 434 g/mol. The predicted octanol–water partition coefficient (Wildman–Crippen LogP) is 8.86. The van der Waals surface area contributed by atoms with Crippen molar-refractivity contribution in [3.05, 3.63) is 137 Å². The minimum Gasteiger partial charge on any atom is -0.363 e. The highest BCUT2D eigenvalue weighted by Gasteiger charge is 2.28. The largest absolute Gasteiger partial charge is 0.363 e. The third kappa shape index (κ3) is 3.79. The minimum absolute atomic E-state index is 0.766. The van der Waals surface area contributed by atoms with Gasteiger partial charge in [-0.2, -0.15) is 0 Å². The van der Waals surface area contributed by atoms with Gasteiger partial charge in [-0.05, 0) is 74.8 Å². The summed E-state index contributed by atoms with van der Waals surface area (Å²) in [6, 6.07) is 43.0. The Morgan fingerprint density at radius 3 is 1.59 bits per heavy atom. The normalized spacial score (nSPS) is 12.6. The van der Waals surface area contributed by atoms with Crippen molar-refractivity contribution >= 4 is 17.3 Å². The van der Waals surface area contributed by atoms with E-state index in [4.69, 9.17) is 11.6 Å². The summed E-state index contributed by atoms with van der Waals surface area (Å²) in [5, 5.41) is 0.766. The number of nitrogens with zero attached hydrogens (tertiary/aromatic N) is 1. The van der Waals surface area contributed by atoms with Crippen LogP contribution in [0.5, 0.6) is 0 Å². The molecule has 34 heavy (non-hydrogen) atoms. The monoisotopic (exact) mass is 457 g/mol. The molecule has 0 unspecified atom stereocenters. The molecule has 6 rings (SSSR count). The van der Waals surface area contributed by atoms with Gasteiger partial charge in [0.05, 0.1) is 0 Å². The predicted molar refractivity (Wildman–Crippen MR) is 144 cm³/mol. The highest BCUT2D eigenvalue weighted by atomic mass is 35.5. The molecule has 164 valence electrons. The van der Waals surface area contributed by atoms with E-state index < -0.39 is 0 Å². The lowest BCUT2D eigenvalue weighted by Crippen LogP contribution is -2.14. The fourth-order valence-corrected chi connectivity index (χ4v) is 5.19. The fraction of sp³-hybridized carbons (Fsp3) is 0.0625. The maximum Gasteiger partial charge on any atom is 0.0443 e. The lowest BCUT2D eigenvalue weighted by atomic mass is 9.84. The Balaban J connectivity index is 1.62. The summed E-state index contributed by atoms with van der Waals surface area (Å²) in [5.41, 5.74) is 11.7. The second kappa shape index (κ2) is 8.85. The molecule has 0 bridgehead atoms. The van der Waals surface area contributed by atoms with Gasteiger partial charge in [0.25, 0.3) is 0 Å². The van der Waals surface area contributed by atoms with E-state index in [2.05, 4.69) is 114 Å². The second-order valence-corrected chi connectivity index (χ2v) is 9.17. The van der Waals surface area contributed by atoms with E-state index in [1.807, 2.05) is 12.1 Å². The number of anilines is 1. The van der Waals surface area contributed by atoms with Crippen LogP contribution >= 0.6 is 11.6 Å². The SMILES string of the molecule is Clc1ccc(N2Cc3c(-c4ccccc4)cc(-c4ccccc4)c(-c4ccccc4)c3C2)cc1. The average molecular weight is 458 g/mol. The molecule has 1 aliphatic heterocycles. The van der Waals surface area contributed by atoms with Crippen LogP contribution in [0.4, 0.5) is 5.69 Å². The van der Waals surface area contributed by atoms with Gasteiger partial charge in [-0.25, -0.2) is 0 Å². The van der Waals surface area contributed by atoms with Crippen LogP contribution < -0.4 is 4.90 Å². The van der Waals surface area contributed by atoms with E-state index in [1.54, 1.807) is 0 Å². The van der Waals surface area contributed by atoms with E-state index in [-0.39, 0.29) is 0 Å². The standard InChI is InChI=1S/C32H24ClN/c33-26-16-18-27(19-17-26)34-21-30-28(23-10-4-1-5-11-23)20-29(24-12-6-2-7-13-24)32(31(30)22-34)25-14-8-3-9-15-25/h1-20H,21-22H2. The highest BCUT2D eigenvalue weighted by molar-refractivity contribution is 6.30. The molecule has 0 radical (unpaired) electrons. The Bertz CT molecular complexity index is 1430. The number of benzene rings is 5. The summed E-state index contributed by atoms with van der Waals surface area (Å²) >= 11 is 6.19. The Hall–Kier alpha value is -3.81. The van der Waals surface area contributed by atoms with Gasteiger partial charge in [-0.1, -0.05) is 103 Å². The summed E-state index contributed by atoms with van der Waals surface area (Å²) in [6.45, 7) is 1.73. The van der Waals surface area contributed by atoms with E-state index in [1.165, 1.54) is 50.2 Å². The van der Waals surface area contributed by atoms with Gasteiger partial charge in [0.2, 0.25) is 0 Å². The third-order valence-electron chi connectivity index (χ3n) is 6.67. The highest BCUT2D eigenvalue weighted by Crippen LogP contribution is 2.45. The molecule has 1 aliphatic rings. The van der Waals surface area contributed by atoms with Crippen molar-refractivity contribution in [3.63, 3.8) is 0 Å². The Labute approximate surface area is 205 Å². The average Bonchev–Trinajstić information content (AvgIpc) is 3.35. The molecule has 0 amide bonds. The molecule has 1 heterocycles. The molecule has 2 heteroatoms. The van der Waals surface area contributed by atoms with Crippen LogP contribution in [0, 0.1) is 0 Å². The Kier molecular flexibility index (Phi) is 5.41. The first-order valence-electron chi connectivity index (χ1n) is 11.6. The summed E-state index contributed by atoms with van der Waals surface area (Å²) in [6.07, 6.45) is 0. The second-order valence-electron chi connectivity index (χ2n) is 8.73. The van der Waals surface area contributed by atoms with Crippen LogP contribution in [0.15, 0.2) is 121 Å². The number of hydrogen-bond acceptors (Lipinski definition) is 1. The minimum atomic E-state index is 0.766. The zero-order valence-electron chi connectivity index (χ0n) is 18.8. The molecule has 0 atom stereocenters. The van der Waals surface area contributed by atoms with Gasteiger partial charge < -0.3 is 4.90 Å². The van der Waals surface area contributed by atoms with Crippen molar-refractivity contribution in [2.45, 2.75) is 13.1 Å². The first-order chi connectivity index (χ1) is 16.8. The van der Waals surface area contributed by atoms with Crippen molar-refractivity contribution in [3.8, 4) is 33.4 Å². The van der Waals surface area contributed by atoms with Crippen molar-refractivity contribution in [1.82, 2.24) is 0 Å². The van der Waals surface area contributed by atoms with Crippen LogP contribution in [0.25, 0.3) is 33.4 Å². The number of hydrogen-bond donors (Lipinski definition) is 0. The summed E-state index contributed by atoms with van der Waals surface area (Å²) in [5.74, 6) is 0. The number of halogens is 1. The lowest BCUT2D eigenvalue weighted by molar-refractivity contribution is 0.881. The smallest absolute Gasteiger partial charge is 0.0443 e. The topological polar surface area (TPSA) is 3.24 Å². The Morgan fingerprint density at radius 2 is 1.00 bits per heavy atom. The summed E-state index contributed by atoms with van der Waals surface area (Å²) in [4.78, 5) is 2.45. The first kappa shape index (κ1) is 20.8. The van der Waals surface area contributed by atoms with E-state index in [0.29, 0.717) is 0 Å². The maximum absolute atomic E-state index is 6.19. The Morgan fingerprint density at radius 1 is 0.500 bits per heavy atom. The van der Waals surface area contributed by atoms with Gasteiger partial charge in [-0.3, -0.25) is 0 Å². The molecule has 0 saturated heterocycles. The molecule has 0 fully saturated rings. The summed E-state index contributed by atoms with van der Waals surface area (Å²) < 4.78 is 0. The molecule has 1 nitrogen and oxygen atoms in total. The maximum atomic E-state index is 6.19. The molecule has 0 aliphatic carbocycles. The molecule has 0 N–H and O–H groups in total. The number of rotatable bonds is 4. The summed E-state index contributed by atoms with van der Waals surface area (Å²) in [7, 11) is 0. The van der Waals surface area contributed by atoms with Crippen LogP contribution in [-0.2, 0) is 13.1 Å². The van der Waals surface area contributed by atoms with Crippen LogP contribution in [0.1, 0.15) is 11.1 Å². The third-order valence-corrected chi connectivity index (χ3v) is 6.92. The zero-order chi connectivity index (χ0) is 22.9. The van der Waals surface area contributed by atoms with Gasteiger partial charge >= 0.3 is 0 Å². The quantitative estimate of drug-likeness (QED) is 0.260. The molecule has 0 aromatic heterocycles. The van der Waals surface area contributed by atoms with E-state index >= 15 is 0 Å². The molecule has 0 saturated carbocycles. The van der Waals surface area contributed by atoms with Gasteiger partial charge in [-0.15, -0.1) is 0 Å². The van der Waals surface area contributed by atoms with Gasteiger partial charge in [0.15, 0.2) is 0 Å². The number of fused-ring (bicyclic) bond motifs is 1. The molecule has 5 aromatic carbocycles. The van der Waals surface area contributed by atoms with Gasteiger partial charge in [0, 0.05) is 23.8 Å². The van der Waals surface area contributed by atoms with Crippen molar-refractivity contribution < 1.29 is 0 Å².